The first-order valence-electron chi connectivity index (χ1n) is 8.26. The molecule has 0 aliphatic heterocycles. The molecular weight excluding hydrogens is 284 g/mol. The second-order valence-corrected chi connectivity index (χ2v) is 5.95. The van der Waals surface area contributed by atoms with Crippen LogP contribution in [0.1, 0.15) is 43.4 Å². The van der Waals surface area contributed by atoms with Crippen molar-refractivity contribution in [3.63, 3.8) is 0 Å². The van der Waals surface area contributed by atoms with Crippen LogP contribution in [0.4, 0.5) is 4.79 Å². The van der Waals surface area contributed by atoms with E-state index in [9.17, 15) is 4.79 Å². The van der Waals surface area contributed by atoms with Crippen molar-refractivity contribution in [1.29, 1.82) is 0 Å². The number of amides is 2. The molecule has 0 spiro atoms. The van der Waals surface area contributed by atoms with Crippen molar-refractivity contribution in [1.82, 2.24) is 10.6 Å². The van der Waals surface area contributed by atoms with Crippen LogP contribution in [-0.2, 0) is 12.1 Å². The van der Waals surface area contributed by atoms with Crippen molar-refractivity contribution in [2.24, 2.45) is 0 Å². The Morgan fingerprint density at radius 1 is 0.957 bits per heavy atom. The molecule has 0 aliphatic carbocycles. The topological polar surface area (TPSA) is 41.1 Å². The Morgan fingerprint density at radius 2 is 1.57 bits per heavy atom. The Labute approximate surface area is 139 Å². The summed E-state index contributed by atoms with van der Waals surface area (Å²) in [6, 6.07) is 18.2. The Balaban J connectivity index is 2.06. The van der Waals surface area contributed by atoms with Crippen LogP contribution >= 0.6 is 0 Å². The van der Waals surface area contributed by atoms with Crippen molar-refractivity contribution in [3.05, 3.63) is 71.3 Å². The SMILES string of the molecule is CCC(CC)(NC(=O)NCc1ccccc1)c1ccc(C)cc1. The summed E-state index contributed by atoms with van der Waals surface area (Å²) < 4.78 is 0. The first-order valence-corrected chi connectivity index (χ1v) is 8.26. The molecule has 0 aromatic heterocycles. The minimum atomic E-state index is -0.325. The molecule has 2 amide bonds. The van der Waals surface area contributed by atoms with Crippen LogP contribution in [0, 0.1) is 6.92 Å². The van der Waals surface area contributed by atoms with Crippen molar-refractivity contribution in [3.8, 4) is 0 Å². The number of nitrogens with one attached hydrogen (secondary N) is 2. The molecule has 0 heterocycles. The summed E-state index contributed by atoms with van der Waals surface area (Å²) in [5.41, 5.74) is 3.15. The standard InChI is InChI=1S/C20H26N2O/c1-4-20(5-2,18-13-11-16(3)12-14-18)22-19(23)21-15-17-9-7-6-8-10-17/h6-14H,4-5,15H2,1-3H3,(H2,21,22,23). The van der Waals surface area contributed by atoms with Gasteiger partial charge in [0.05, 0.1) is 5.54 Å². The Kier molecular flexibility index (Phi) is 5.80. The molecule has 2 aromatic rings. The molecule has 0 saturated heterocycles. The van der Waals surface area contributed by atoms with Gasteiger partial charge in [0.1, 0.15) is 0 Å². The highest BCUT2D eigenvalue weighted by Crippen LogP contribution is 2.28. The van der Waals surface area contributed by atoms with E-state index < -0.39 is 0 Å². The molecule has 0 atom stereocenters. The number of hydrogen-bond acceptors (Lipinski definition) is 1. The highest BCUT2D eigenvalue weighted by Gasteiger charge is 2.30. The minimum absolute atomic E-state index is 0.127. The quantitative estimate of drug-likeness (QED) is 0.810. The number of rotatable bonds is 6. The van der Waals surface area contributed by atoms with Crippen molar-refractivity contribution < 1.29 is 4.79 Å². The Morgan fingerprint density at radius 3 is 2.13 bits per heavy atom. The number of carbonyl (C=O) groups is 1. The zero-order valence-corrected chi connectivity index (χ0v) is 14.2. The normalized spacial score (nSPS) is 11.1. The third-order valence-electron chi connectivity index (χ3n) is 4.46. The van der Waals surface area contributed by atoms with Gasteiger partial charge < -0.3 is 10.6 Å². The lowest BCUT2D eigenvalue weighted by Crippen LogP contribution is -2.49. The summed E-state index contributed by atoms with van der Waals surface area (Å²) in [7, 11) is 0. The maximum absolute atomic E-state index is 12.4. The fourth-order valence-electron chi connectivity index (χ4n) is 2.82. The van der Waals surface area contributed by atoms with Gasteiger partial charge in [0.2, 0.25) is 0 Å². The Bertz CT molecular complexity index is 616. The molecule has 0 saturated carbocycles. The van der Waals surface area contributed by atoms with E-state index in [4.69, 9.17) is 0 Å². The first kappa shape index (κ1) is 17.1. The molecule has 0 fully saturated rings. The smallest absolute Gasteiger partial charge is 0.315 e. The van der Waals surface area contributed by atoms with Crippen molar-refractivity contribution >= 4 is 6.03 Å². The number of benzene rings is 2. The fourth-order valence-corrected chi connectivity index (χ4v) is 2.82. The van der Waals surface area contributed by atoms with Crippen molar-refractivity contribution in [2.75, 3.05) is 0 Å². The fraction of sp³-hybridized carbons (Fsp3) is 0.350. The molecule has 3 nitrogen and oxygen atoms in total. The minimum Gasteiger partial charge on any atom is -0.334 e. The van der Waals surface area contributed by atoms with Gasteiger partial charge in [0.25, 0.3) is 0 Å². The van der Waals surface area contributed by atoms with Crippen LogP contribution in [-0.4, -0.2) is 6.03 Å². The lowest BCUT2D eigenvalue weighted by atomic mass is 9.84. The first-order chi connectivity index (χ1) is 11.1. The van der Waals surface area contributed by atoms with E-state index in [1.165, 1.54) is 5.56 Å². The molecule has 2 N–H and O–H groups in total. The molecule has 3 heteroatoms. The second kappa shape index (κ2) is 7.82. The molecule has 0 bridgehead atoms. The van der Waals surface area contributed by atoms with E-state index in [1.54, 1.807) is 0 Å². The molecule has 122 valence electrons. The van der Waals surface area contributed by atoms with Gasteiger partial charge in [-0.15, -0.1) is 0 Å². The van der Waals surface area contributed by atoms with Crippen LogP contribution < -0.4 is 10.6 Å². The second-order valence-electron chi connectivity index (χ2n) is 5.95. The van der Waals surface area contributed by atoms with E-state index in [-0.39, 0.29) is 11.6 Å². The zero-order valence-electron chi connectivity index (χ0n) is 14.2. The number of urea groups is 1. The third kappa shape index (κ3) is 4.35. The summed E-state index contributed by atoms with van der Waals surface area (Å²) in [6.07, 6.45) is 1.70. The molecule has 2 aromatic carbocycles. The summed E-state index contributed by atoms with van der Waals surface area (Å²) in [5.74, 6) is 0. The summed E-state index contributed by atoms with van der Waals surface area (Å²) >= 11 is 0. The maximum atomic E-state index is 12.4. The maximum Gasteiger partial charge on any atom is 0.315 e. The van der Waals surface area contributed by atoms with E-state index >= 15 is 0 Å². The average Bonchev–Trinajstić information content (AvgIpc) is 2.60. The largest absolute Gasteiger partial charge is 0.334 e. The van der Waals surface area contributed by atoms with E-state index in [0.717, 1.165) is 24.0 Å². The predicted octanol–water partition coefficient (Wildman–Crippen LogP) is 4.51. The number of carbonyl (C=O) groups excluding carboxylic acids is 1. The molecule has 23 heavy (non-hydrogen) atoms. The van der Waals surface area contributed by atoms with E-state index in [2.05, 4.69) is 55.7 Å². The third-order valence-corrected chi connectivity index (χ3v) is 4.46. The van der Waals surface area contributed by atoms with Crippen LogP contribution in [0.3, 0.4) is 0 Å². The van der Waals surface area contributed by atoms with Crippen LogP contribution in [0.2, 0.25) is 0 Å². The lowest BCUT2D eigenvalue weighted by Gasteiger charge is -2.33. The van der Waals surface area contributed by atoms with Gasteiger partial charge in [-0.05, 0) is 30.9 Å². The van der Waals surface area contributed by atoms with Gasteiger partial charge in [-0.2, -0.15) is 0 Å². The Hall–Kier alpha value is -2.29. The monoisotopic (exact) mass is 310 g/mol. The molecule has 2 rings (SSSR count). The molecule has 0 aliphatic rings. The summed E-state index contributed by atoms with van der Waals surface area (Å²) in [5, 5.41) is 6.14. The van der Waals surface area contributed by atoms with Gasteiger partial charge in [-0.25, -0.2) is 4.79 Å². The van der Waals surface area contributed by atoms with Crippen LogP contribution in [0.5, 0.6) is 0 Å². The molecular formula is C20H26N2O. The van der Waals surface area contributed by atoms with Gasteiger partial charge in [-0.3, -0.25) is 0 Å². The highest BCUT2D eigenvalue weighted by molar-refractivity contribution is 5.75. The summed E-state index contributed by atoms with van der Waals surface area (Å²) in [4.78, 5) is 12.4. The number of aryl methyl sites for hydroxylation is 1. The molecule has 0 unspecified atom stereocenters. The van der Waals surface area contributed by atoms with Crippen LogP contribution in [0.15, 0.2) is 54.6 Å². The van der Waals surface area contributed by atoms with Gasteiger partial charge in [0, 0.05) is 6.54 Å². The van der Waals surface area contributed by atoms with E-state index in [0.29, 0.717) is 6.54 Å². The van der Waals surface area contributed by atoms with Crippen LogP contribution in [0.25, 0.3) is 0 Å². The van der Waals surface area contributed by atoms with Crippen molar-refractivity contribution in [2.45, 2.75) is 45.7 Å². The predicted molar refractivity (Wildman–Crippen MR) is 95.3 cm³/mol. The lowest BCUT2D eigenvalue weighted by molar-refractivity contribution is 0.220. The average molecular weight is 310 g/mol. The van der Waals surface area contributed by atoms with Gasteiger partial charge in [0.15, 0.2) is 0 Å². The van der Waals surface area contributed by atoms with Gasteiger partial charge >= 0.3 is 6.03 Å². The molecule has 0 radical (unpaired) electrons. The van der Waals surface area contributed by atoms with E-state index in [1.807, 2.05) is 30.3 Å². The van der Waals surface area contributed by atoms with Gasteiger partial charge in [-0.1, -0.05) is 74.0 Å². The zero-order chi connectivity index (χ0) is 16.7. The summed E-state index contributed by atoms with van der Waals surface area (Å²) in [6.45, 7) is 6.83. The number of hydrogen-bond donors (Lipinski definition) is 2. The highest BCUT2D eigenvalue weighted by atomic mass is 16.2.